The fourth-order valence-electron chi connectivity index (χ4n) is 5.16. The van der Waals surface area contributed by atoms with Gasteiger partial charge in [0, 0.05) is 17.5 Å². The zero-order valence-electron chi connectivity index (χ0n) is 21.1. The Morgan fingerprint density at radius 3 is 2.43 bits per heavy atom. The lowest BCUT2D eigenvalue weighted by atomic mass is 9.78. The van der Waals surface area contributed by atoms with Crippen molar-refractivity contribution in [1.29, 1.82) is 5.26 Å². The summed E-state index contributed by atoms with van der Waals surface area (Å²) in [6.45, 7) is 2.43. The zero-order valence-corrected chi connectivity index (χ0v) is 21.1. The van der Waals surface area contributed by atoms with Crippen LogP contribution < -0.4 is 20.1 Å². The van der Waals surface area contributed by atoms with Crippen LogP contribution in [-0.2, 0) is 0 Å². The van der Waals surface area contributed by atoms with Gasteiger partial charge in [-0.25, -0.2) is 0 Å². The number of primary amides is 1. The summed E-state index contributed by atoms with van der Waals surface area (Å²) in [6.07, 6.45) is 3.60. The molecule has 7 heteroatoms. The summed E-state index contributed by atoms with van der Waals surface area (Å²) < 4.78 is 11.3. The molecule has 0 heterocycles. The molecule has 0 radical (unpaired) electrons. The van der Waals surface area contributed by atoms with Crippen molar-refractivity contribution >= 4 is 17.5 Å². The number of hydrogen-bond donors (Lipinski definition) is 1. The molecule has 190 valence electrons. The first-order valence-electron chi connectivity index (χ1n) is 12.5. The molecule has 0 unspecified atom stereocenters. The molecular weight excluding hydrogens is 466 g/mol. The summed E-state index contributed by atoms with van der Waals surface area (Å²) in [6, 6.07) is 21.3. The van der Waals surface area contributed by atoms with E-state index in [1.165, 1.54) is 0 Å². The van der Waals surface area contributed by atoms with Gasteiger partial charge in [0.05, 0.1) is 36.6 Å². The first-order valence-corrected chi connectivity index (χ1v) is 12.5. The molecule has 2 N–H and O–H groups in total. The lowest BCUT2D eigenvalue weighted by Crippen LogP contribution is -2.46. The molecule has 1 saturated carbocycles. The normalized spacial score (nSPS) is 16.9. The second kappa shape index (κ2) is 11.6. The third-order valence-electron chi connectivity index (χ3n) is 6.89. The van der Waals surface area contributed by atoms with Gasteiger partial charge in [0.15, 0.2) is 11.5 Å². The van der Waals surface area contributed by atoms with Crippen LogP contribution in [0.25, 0.3) is 0 Å². The van der Waals surface area contributed by atoms with Crippen LogP contribution >= 0.6 is 0 Å². The maximum atomic E-state index is 14.1. The van der Waals surface area contributed by atoms with E-state index >= 15 is 0 Å². The SMILES string of the molecule is CCOc1cc([C@H]2CCCC[C@H]2N(C(=O)c2ccc(C#N)cc2)c2ccccc2C(N)=O)ccc1OC. The molecule has 0 bridgehead atoms. The highest BCUT2D eigenvalue weighted by Crippen LogP contribution is 2.42. The smallest absolute Gasteiger partial charge is 0.258 e. The standard InChI is InChI=1S/C30H31N3O4/c1-3-37-28-18-22(16-17-27(28)36-2)23-8-4-6-10-25(23)33(26-11-7-5-9-24(26)29(32)34)30(35)21-14-12-20(19-31)13-15-21/h5,7,9,11-18,23,25H,3-4,6,8,10H2,1-2H3,(H2,32,34)/t23-,25-/m1/s1. The average molecular weight is 498 g/mol. The second-order valence-corrected chi connectivity index (χ2v) is 9.05. The van der Waals surface area contributed by atoms with E-state index in [-0.39, 0.29) is 17.9 Å². The number of methoxy groups -OCH3 is 1. The highest BCUT2D eigenvalue weighted by atomic mass is 16.5. The number of nitriles is 1. The largest absolute Gasteiger partial charge is 0.493 e. The third kappa shape index (κ3) is 5.44. The monoisotopic (exact) mass is 497 g/mol. The predicted octanol–water partition coefficient (Wildman–Crippen LogP) is 5.44. The van der Waals surface area contributed by atoms with Crippen molar-refractivity contribution in [2.24, 2.45) is 5.73 Å². The maximum absolute atomic E-state index is 14.1. The molecule has 3 aromatic rings. The molecule has 0 spiro atoms. The number of nitrogens with two attached hydrogens (primary N) is 1. The Morgan fingerprint density at radius 2 is 1.76 bits per heavy atom. The van der Waals surface area contributed by atoms with Crippen LogP contribution in [0.5, 0.6) is 11.5 Å². The lowest BCUT2D eigenvalue weighted by Gasteiger charge is -2.41. The molecule has 0 saturated heterocycles. The van der Waals surface area contributed by atoms with Gasteiger partial charge < -0.3 is 20.1 Å². The van der Waals surface area contributed by atoms with Gasteiger partial charge in [-0.05, 0) is 73.9 Å². The van der Waals surface area contributed by atoms with Gasteiger partial charge in [0.1, 0.15) is 0 Å². The number of ether oxygens (including phenoxy) is 2. The Bertz CT molecular complexity index is 1310. The number of anilines is 1. The number of carbonyl (C=O) groups excluding carboxylic acids is 2. The molecule has 37 heavy (non-hydrogen) atoms. The number of carbonyl (C=O) groups is 2. The van der Waals surface area contributed by atoms with Crippen LogP contribution in [0.2, 0.25) is 0 Å². The van der Waals surface area contributed by atoms with Gasteiger partial charge in [-0.15, -0.1) is 0 Å². The quantitative estimate of drug-likeness (QED) is 0.446. The highest BCUT2D eigenvalue weighted by molar-refractivity contribution is 6.10. The number of hydrogen-bond acceptors (Lipinski definition) is 5. The summed E-state index contributed by atoms with van der Waals surface area (Å²) in [5, 5.41) is 9.20. The van der Waals surface area contributed by atoms with Crippen LogP contribution in [0.1, 0.15) is 70.4 Å². The van der Waals surface area contributed by atoms with E-state index in [2.05, 4.69) is 6.07 Å². The molecule has 0 aliphatic heterocycles. The first-order chi connectivity index (χ1) is 18.0. The van der Waals surface area contributed by atoms with Gasteiger partial charge >= 0.3 is 0 Å². The minimum atomic E-state index is -0.594. The molecule has 2 atom stereocenters. The minimum Gasteiger partial charge on any atom is -0.493 e. The van der Waals surface area contributed by atoms with E-state index in [9.17, 15) is 14.9 Å². The Labute approximate surface area is 217 Å². The third-order valence-corrected chi connectivity index (χ3v) is 6.89. The van der Waals surface area contributed by atoms with Gasteiger partial charge in [0.2, 0.25) is 0 Å². The molecule has 1 aliphatic carbocycles. The number of benzene rings is 3. The number of amides is 2. The fraction of sp³-hybridized carbons (Fsp3) is 0.300. The van der Waals surface area contributed by atoms with Crippen molar-refractivity contribution < 1.29 is 19.1 Å². The van der Waals surface area contributed by atoms with E-state index in [1.807, 2.05) is 25.1 Å². The van der Waals surface area contributed by atoms with Crippen molar-refractivity contribution in [2.45, 2.75) is 44.6 Å². The summed E-state index contributed by atoms with van der Waals surface area (Å²) in [7, 11) is 1.61. The summed E-state index contributed by atoms with van der Waals surface area (Å²) in [5.41, 5.74) is 8.47. The van der Waals surface area contributed by atoms with Crippen LogP contribution in [0.4, 0.5) is 5.69 Å². The van der Waals surface area contributed by atoms with Gasteiger partial charge in [-0.1, -0.05) is 31.0 Å². The van der Waals surface area contributed by atoms with E-state index in [1.54, 1.807) is 60.5 Å². The molecule has 7 nitrogen and oxygen atoms in total. The van der Waals surface area contributed by atoms with Gasteiger partial charge in [0.25, 0.3) is 11.8 Å². The Balaban J connectivity index is 1.84. The zero-order chi connectivity index (χ0) is 26.4. The van der Waals surface area contributed by atoms with Crippen LogP contribution in [0, 0.1) is 11.3 Å². The summed E-state index contributed by atoms with van der Waals surface area (Å²) in [5.74, 6) is 0.483. The predicted molar refractivity (Wildman–Crippen MR) is 142 cm³/mol. The van der Waals surface area contributed by atoms with E-state index < -0.39 is 5.91 Å². The molecular formula is C30H31N3O4. The second-order valence-electron chi connectivity index (χ2n) is 9.05. The van der Waals surface area contributed by atoms with Crippen molar-refractivity contribution in [3.8, 4) is 17.6 Å². The van der Waals surface area contributed by atoms with E-state index in [4.69, 9.17) is 15.2 Å². The lowest BCUT2D eigenvalue weighted by molar-refractivity contribution is 0.0966. The summed E-state index contributed by atoms with van der Waals surface area (Å²) in [4.78, 5) is 28.3. The van der Waals surface area contributed by atoms with Crippen molar-refractivity contribution in [2.75, 3.05) is 18.6 Å². The Kier molecular flexibility index (Phi) is 8.09. The molecule has 0 aromatic heterocycles. The highest BCUT2D eigenvalue weighted by Gasteiger charge is 2.37. The number of rotatable bonds is 8. The first kappa shape index (κ1) is 25.8. The molecule has 1 aliphatic rings. The van der Waals surface area contributed by atoms with Crippen molar-refractivity contribution in [3.05, 3.63) is 89.0 Å². The van der Waals surface area contributed by atoms with Crippen molar-refractivity contribution in [1.82, 2.24) is 0 Å². The molecule has 4 rings (SSSR count). The molecule has 2 amide bonds. The van der Waals surface area contributed by atoms with Crippen LogP contribution in [0.3, 0.4) is 0 Å². The number of para-hydroxylation sites is 1. The fourth-order valence-corrected chi connectivity index (χ4v) is 5.16. The minimum absolute atomic E-state index is 0.00197. The molecule has 1 fully saturated rings. The molecule has 3 aromatic carbocycles. The van der Waals surface area contributed by atoms with Crippen molar-refractivity contribution in [3.63, 3.8) is 0 Å². The van der Waals surface area contributed by atoms with Gasteiger partial charge in [-0.2, -0.15) is 5.26 Å². The van der Waals surface area contributed by atoms with E-state index in [0.29, 0.717) is 40.5 Å². The maximum Gasteiger partial charge on any atom is 0.258 e. The topological polar surface area (TPSA) is 106 Å². The van der Waals surface area contributed by atoms with E-state index in [0.717, 1.165) is 31.2 Å². The summed E-state index contributed by atoms with van der Waals surface area (Å²) >= 11 is 0. The van der Waals surface area contributed by atoms with Crippen LogP contribution in [-0.4, -0.2) is 31.6 Å². The van der Waals surface area contributed by atoms with Crippen LogP contribution in [0.15, 0.2) is 66.7 Å². The average Bonchev–Trinajstić information content (AvgIpc) is 2.94. The Morgan fingerprint density at radius 1 is 1.03 bits per heavy atom. The Hall–Kier alpha value is -4.31. The number of nitrogens with zero attached hydrogens (tertiary/aromatic N) is 2. The van der Waals surface area contributed by atoms with Gasteiger partial charge in [-0.3, -0.25) is 9.59 Å².